The molecule has 2 N–H and O–H groups in total. The van der Waals surface area contributed by atoms with Crippen LogP contribution in [0.15, 0.2) is 27.2 Å². The van der Waals surface area contributed by atoms with Crippen LogP contribution in [-0.2, 0) is 0 Å². The molecule has 96 valence electrons. The van der Waals surface area contributed by atoms with Gasteiger partial charge in [0.2, 0.25) is 11.7 Å². The van der Waals surface area contributed by atoms with Gasteiger partial charge in [-0.05, 0) is 30.5 Å². The normalized spacial score (nSPS) is 13.0. The molecule has 0 saturated heterocycles. The van der Waals surface area contributed by atoms with E-state index in [1.807, 2.05) is 39.0 Å². The van der Waals surface area contributed by atoms with E-state index in [2.05, 4.69) is 26.1 Å². The first-order chi connectivity index (χ1) is 8.49. The lowest BCUT2D eigenvalue weighted by Crippen LogP contribution is -2.16. The largest absolute Gasteiger partial charge is 0.337 e. The molecular weight excluding hydrogens is 294 g/mol. The number of hydrogen-bond acceptors (Lipinski definition) is 4. The number of benzene rings is 1. The molecule has 0 amide bonds. The van der Waals surface area contributed by atoms with Crippen molar-refractivity contribution < 1.29 is 4.52 Å². The smallest absolute Gasteiger partial charge is 0.244 e. The molecule has 0 saturated carbocycles. The van der Waals surface area contributed by atoms with E-state index < -0.39 is 0 Å². The van der Waals surface area contributed by atoms with Gasteiger partial charge in [-0.2, -0.15) is 4.98 Å². The quantitative estimate of drug-likeness (QED) is 0.943. The molecule has 4 nitrogen and oxygen atoms in total. The maximum Gasteiger partial charge on any atom is 0.244 e. The van der Waals surface area contributed by atoms with Gasteiger partial charge in [0, 0.05) is 10.0 Å². The second-order valence-electron chi connectivity index (χ2n) is 4.71. The third kappa shape index (κ3) is 2.62. The summed E-state index contributed by atoms with van der Waals surface area (Å²) < 4.78 is 6.17. The molecule has 0 fully saturated rings. The predicted octanol–water partition coefficient (Wildman–Crippen LogP) is 3.46. The van der Waals surface area contributed by atoms with Gasteiger partial charge < -0.3 is 10.3 Å². The summed E-state index contributed by atoms with van der Waals surface area (Å²) >= 11 is 3.51. The van der Waals surface area contributed by atoms with Crippen LogP contribution < -0.4 is 5.73 Å². The predicted molar refractivity (Wildman–Crippen MR) is 73.9 cm³/mol. The van der Waals surface area contributed by atoms with E-state index in [0.29, 0.717) is 11.7 Å². The second kappa shape index (κ2) is 5.20. The van der Waals surface area contributed by atoms with Crippen molar-refractivity contribution in [3.63, 3.8) is 0 Å². The van der Waals surface area contributed by atoms with Crippen LogP contribution in [0.25, 0.3) is 11.4 Å². The van der Waals surface area contributed by atoms with Crippen molar-refractivity contribution in [3.05, 3.63) is 34.1 Å². The molecule has 1 aromatic heterocycles. The third-order valence-corrected chi connectivity index (χ3v) is 3.47. The van der Waals surface area contributed by atoms with Gasteiger partial charge in [0.05, 0.1) is 6.04 Å². The number of aromatic nitrogens is 2. The first-order valence-electron chi connectivity index (χ1n) is 5.84. The molecule has 1 unspecified atom stereocenters. The monoisotopic (exact) mass is 309 g/mol. The van der Waals surface area contributed by atoms with Crippen LogP contribution in [0, 0.1) is 12.8 Å². The fourth-order valence-electron chi connectivity index (χ4n) is 1.57. The maximum atomic E-state index is 5.98. The van der Waals surface area contributed by atoms with E-state index in [4.69, 9.17) is 10.3 Å². The lowest BCUT2D eigenvalue weighted by molar-refractivity contribution is 0.325. The summed E-state index contributed by atoms with van der Waals surface area (Å²) in [5.41, 5.74) is 8.07. The Morgan fingerprint density at radius 3 is 2.67 bits per heavy atom. The summed E-state index contributed by atoms with van der Waals surface area (Å²) in [6.45, 7) is 6.08. The van der Waals surface area contributed by atoms with Crippen LogP contribution in [0.4, 0.5) is 0 Å². The van der Waals surface area contributed by atoms with E-state index in [-0.39, 0.29) is 12.0 Å². The molecule has 1 heterocycles. The van der Waals surface area contributed by atoms with Gasteiger partial charge in [-0.1, -0.05) is 41.0 Å². The van der Waals surface area contributed by atoms with Crippen molar-refractivity contribution >= 4 is 15.9 Å². The molecule has 0 aliphatic carbocycles. The van der Waals surface area contributed by atoms with Crippen LogP contribution >= 0.6 is 15.9 Å². The molecule has 1 atom stereocenters. The summed E-state index contributed by atoms with van der Waals surface area (Å²) in [5, 5.41) is 3.98. The summed E-state index contributed by atoms with van der Waals surface area (Å²) in [5.74, 6) is 1.31. The standard InChI is InChI=1S/C13H16BrN3O/c1-7(2)11(15)13-16-12(17-18-13)9-5-4-8(3)6-10(9)14/h4-7,11H,15H2,1-3H3. The zero-order chi connectivity index (χ0) is 13.3. The topological polar surface area (TPSA) is 64.9 Å². The Labute approximate surface area is 115 Å². The Hall–Kier alpha value is -1.20. The minimum absolute atomic E-state index is 0.226. The van der Waals surface area contributed by atoms with E-state index in [1.165, 1.54) is 5.56 Å². The summed E-state index contributed by atoms with van der Waals surface area (Å²) in [6.07, 6.45) is 0. The van der Waals surface area contributed by atoms with Gasteiger partial charge in [0.15, 0.2) is 0 Å². The Morgan fingerprint density at radius 2 is 2.06 bits per heavy atom. The van der Waals surface area contributed by atoms with Crippen LogP contribution in [0.2, 0.25) is 0 Å². The lowest BCUT2D eigenvalue weighted by atomic mass is 10.1. The van der Waals surface area contributed by atoms with E-state index >= 15 is 0 Å². The van der Waals surface area contributed by atoms with E-state index in [0.717, 1.165) is 10.0 Å². The van der Waals surface area contributed by atoms with Crippen molar-refractivity contribution in [1.29, 1.82) is 0 Å². The number of rotatable bonds is 3. The number of halogens is 1. The molecule has 0 spiro atoms. The number of nitrogens with zero attached hydrogens (tertiary/aromatic N) is 2. The molecule has 5 heteroatoms. The molecule has 2 rings (SSSR count). The molecule has 18 heavy (non-hydrogen) atoms. The van der Waals surface area contributed by atoms with Gasteiger partial charge in [0.25, 0.3) is 0 Å². The van der Waals surface area contributed by atoms with Crippen LogP contribution in [-0.4, -0.2) is 10.1 Å². The average Bonchev–Trinajstić information content (AvgIpc) is 2.77. The fraction of sp³-hybridized carbons (Fsp3) is 0.385. The van der Waals surface area contributed by atoms with Gasteiger partial charge in [-0.15, -0.1) is 0 Å². The first kappa shape index (κ1) is 13.2. The highest BCUT2D eigenvalue weighted by Gasteiger charge is 2.19. The van der Waals surface area contributed by atoms with Crippen molar-refractivity contribution in [1.82, 2.24) is 10.1 Å². The SMILES string of the molecule is Cc1ccc(-c2noc(C(N)C(C)C)n2)c(Br)c1. The molecule has 0 radical (unpaired) electrons. The highest BCUT2D eigenvalue weighted by Crippen LogP contribution is 2.28. The number of nitrogens with two attached hydrogens (primary N) is 1. The van der Waals surface area contributed by atoms with Crippen LogP contribution in [0.5, 0.6) is 0 Å². The summed E-state index contributed by atoms with van der Waals surface area (Å²) in [6, 6.07) is 5.77. The zero-order valence-corrected chi connectivity index (χ0v) is 12.2. The van der Waals surface area contributed by atoms with Crippen molar-refractivity contribution in [3.8, 4) is 11.4 Å². The van der Waals surface area contributed by atoms with E-state index in [1.54, 1.807) is 0 Å². The molecule has 0 bridgehead atoms. The Morgan fingerprint density at radius 1 is 1.33 bits per heavy atom. The van der Waals surface area contributed by atoms with Gasteiger partial charge in [-0.3, -0.25) is 0 Å². The Bertz CT molecular complexity index is 551. The van der Waals surface area contributed by atoms with Gasteiger partial charge in [0.1, 0.15) is 0 Å². The van der Waals surface area contributed by atoms with Crippen LogP contribution in [0.3, 0.4) is 0 Å². The second-order valence-corrected chi connectivity index (χ2v) is 5.56. The number of aryl methyl sites for hydroxylation is 1. The fourth-order valence-corrected chi connectivity index (χ4v) is 2.24. The highest BCUT2D eigenvalue weighted by atomic mass is 79.9. The number of hydrogen-bond donors (Lipinski definition) is 1. The molecule has 0 aliphatic heterocycles. The highest BCUT2D eigenvalue weighted by molar-refractivity contribution is 9.10. The van der Waals surface area contributed by atoms with Crippen LogP contribution in [0.1, 0.15) is 31.3 Å². The molecule has 1 aromatic carbocycles. The molecular formula is C13H16BrN3O. The molecule has 2 aromatic rings. The Balaban J connectivity index is 2.35. The zero-order valence-electron chi connectivity index (χ0n) is 10.6. The lowest BCUT2D eigenvalue weighted by Gasteiger charge is -2.09. The van der Waals surface area contributed by atoms with E-state index in [9.17, 15) is 0 Å². The van der Waals surface area contributed by atoms with Gasteiger partial charge in [-0.25, -0.2) is 0 Å². The minimum Gasteiger partial charge on any atom is -0.337 e. The molecule has 0 aliphatic rings. The summed E-state index contributed by atoms with van der Waals surface area (Å²) in [4.78, 5) is 4.36. The van der Waals surface area contributed by atoms with Gasteiger partial charge >= 0.3 is 0 Å². The van der Waals surface area contributed by atoms with Crippen molar-refractivity contribution in [2.45, 2.75) is 26.8 Å². The van der Waals surface area contributed by atoms with Crippen molar-refractivity contribution in [2.75, 3.05) is 0 Å². The maximum absolute atomic E-state index is 5.98. The Kier molecular flexibility index (Phi) is 3.82. The first-order valence-corrected chi connectivity index (χ1v) is 6.64. The van der Waals surface area contributed by atoms with Crippen molar-refractivity contribution in [2.24, 2.45) is 11.7 Å². The average molecular weight is 310 g/mol. The summed E-state index contributed by atoms with van der Waals surface area (Å²) in [7, 11) is 0. The minimum atomic E-state index is -0.226. The third-order valence-electron chi connectivity index (χ3n) is 2.81.